The van der Waals surface area contributed by atoms with Crippen molar-refractivity contribution in [1.29, 1.82) is 0 Å². The van der Waals surface area contributed by atoms with Crippen molar-refractivity contribution in [2.75, 3.05) is 13.7 Å². The molecule has 0 radical (unpaired) electrons. The maximum atomic E-state index is 11.5. The van der Waals surface area contributed by atoms with Crippen LogP contribution in [0.2, 0.25) is 0 Å². The molecular formula is C16H32O3. The van der Waals surface area contributed by atoms with E-state index < -0.39 is 0 Å². The van der Waals surface area contributed by atoms with Gasteiger partial charge in [-0.05, 0) is 40.0 Å². The summed E-state index contributed by atoms with van der Waals surface area (Å²) >= 11 is 0. The molecule has 19 heavy (non-hydrogen) atoms. The fourth-order valence-corrected chi connectivity index (χ4v) is 1.71. The lowest BCUT2D eigenvalue weighted by molar-refractivity contribution is -0.122. The van der Waals surface area contributed by atoms with Crippen LogP contribution in [0.25, 0.3) is 0 Å². The molecule has 3 nitrogen and oxygen atoms in total. The van der Waals surface area contributed by atoms with Crippen molar-refractivity contribution in [3.63, 3.8) is 0 Å². The quantitative estimate of drug-likeness (QED) is 0.533. The van der Waals surface area contributed by atoms with E-state index in [9.17, 15) is 4.79 Å². The molecule has 114 valence electrons. The first kappa shape index (κ1) is 18.6. The monoisotopic (exact) mass is 272 g/mol. The lowest BCUT2D eigenvalue weighted by Gasteiger charge is -2.23. The Morgan fingerprint density at radius 2 is 1.79 bits per heavy atom. The lowest BCUT2D eigenvalue weighted by Crippen LogP contribution is -2.25. The van der Waals surface area contributed by atoms with Gasteiger partial charge in [0.15, 0.2) is 0 Å². The first-order valence-corrected chi connectivity index (χ1v) is 7.48. The highest BCUT2D eigenvalue weighted by Crippen LogP contribution is 2.14. The van der Waals surface area contributed by atoms with E-state index in [4.69, 9.17) is 9.47 Å². The van der Waals surface area contributed by atoms with Gasteiger partial charge in [0.25, 0.3) is 0 Å². The van der Waals surface area contributed by atoms with Gasteiger partial charge in [0.1, 0.15) is 5.78 Å². The first-order chi connectivity index (χ1) is 8.78. The standard InChI is InChI=1S/C16H32O3/c1-13(2)15(17)10-8-7-9-14(3)19-12-11-16(4,5)18-6/h13-14H,7-12H2,1-6H3. The summed E-state index contributed by atoms with van der Waals surface area (Å²) in [5, 5.41) is 0. The van der Waals surface area contributed by atoms with Crippen molar-refractivity contribution in [1.82, 2.24) is 0 Å². The summed E-state index contributed by atoms with van der Waals surface area (Å²) in [6.45, 7) is 10.9. The van der Waals surface area contributed by atoms with Crippen molar-refractivity contribution in [2.45, 2.75) is 78.4 Å². The Labute approximate surface area is 119 Å². The Bertz CT molecular complexity index is 246. The van der Waals surface area contributed by atoms with Crippen LogP contribution in [-0.2, 0) is 14.3 Å². The third kappa shape index (κ3) is 10.1. The normalized spacial score (nSPS) is 13.8. The minimum absolute atomic E-state index is 0.108. The Morgan fingerprint density at radius 3 is 2.32 bits per heavy atom. The maximum Gasteiger partial charge on any atom is 0.135 e. The fraction of sp³-hybridized carbons (Fsp3) is 0.938. The maximum absolute atomic E-state index is 11.5. The van der Waals surface area contributed by atoms with E-state index in [1.165, 1.54) is 0 Å². The number of ketones is 1. The van der Waals surface area contributed by atoms with Gasteiger partial charge in [-0.15, -0.1) is 0 Å². The van der Waals surface area contributed by atoms with Crippen molar-refractivity contribution < 1.29 is 14.3 Å². The number of Topliss-reactive ketones (excluding diaryl/α,β-unsaturated/α-hetero) is 1. The molecule has 3 heteroatoms. The molecule has 0 aliphatic carbocycles. The van der Waals surface area contributed by atoms with Crippen LogP contribution in [0.1, 0.15) is 66.7 Å². The number of carbonyl (C=O) groups excluding carboxylic acids is 1. The SMILES string of the molecule is COC(C)(C)CCOC(C)CCCCC(=O)C(C)C. The molecule has 0 saturated heterocycles. The van der Waals surface area contributed by atoms with Crippen LogP contribution in [0.3, 0.4) is 0 Å². The van der Waals surface area contributed by atoms with Crippen LogP contribution < -0.4 is 0 Å². The molecule has 1 atom stereocenters. The van der Waals surface area contributed by atoms with Crippen LogP contribution in [0.4, 0.5) is 0 Å². The van der Waals surface area contributed by atoms with Gasteiger partial charge < -0.3 is 9.47 Å². The van der Waals surface area contributed by atoms with Crippen LogP contribution in [0.15, 0.2) is 0 Å². The summed E-state index contributed by atoms with van der Waals surface area (Å²) in [6, 6.07) is 0. The Morgan fingerprint density at radius 1 is 1.16 bits per heavy atom. The van der Waals surface area contributed by atoms with Gasteiger partial charge >= 0.3 is 0 Å². The predicted molar refractivity (Wildman–Crippen MR) is 79.4 cm³/mol. The van der Waals surface area contributed by atoms with E-state index in [0.29, 0.717) is 12.2 Å². The van der Waals surface area contributed by atoms with Crippen molar-refractivity contribution in [3.8, 4) is 0 Å². The van der Waals surface area contributed by atoms with E-state index in [1.807, 2.05) is 13.8 Å². The molecule has 0 fully saturated rings. The largest absolute Gasteiger partial charge is 0.379 e. The smallest absolute Gasteiger partial charge is 0.135 e. The highest BCUT2D eigenvalue weighted by atomic mass is 16.5. The summed E-state index contributed by atoms with van der Waals surface area (Å²) in [7, 11) is 1.73. The molecule has 0 heterocycles. The van der Waals surface area contributed by atoms with E-state index >= 15 is 0 Å². The fourth-order valence-electron chi connectivity index (χ4n) is 1.71. The average Bonchev–Trinajstić information content (AvgIpc) is 2.34. The number of hydrogen-bond acceptors (Lipinski definition) is 3. The minimum atomic E-state index is -0.108. The molecular weight excluding hydrogens is 240 g/mol. The molecule has 0 aromatic carbocycles. The van der Waals surface area contributed by atoms with E-state index in [1.54, 1.807) is 7.11 Å². The Hall–Kier alpha value is -0.410. The topological polar surface area (TPSA) is 35.5 Å². The van der Waals surface area contributed by atoms with Crippen molar-refractivity contribution >= 4 is 5.78 Å². The zero-order chi connectivity index (χ0) is 14.9. The molecule has 1 unspecified atom stereocenters. The molecule has 0 rings (SSSR count). The van der Waals surface area contributed by atoms with Gasteiger partial charge in [-0.3, -0.25) is 4.79 Å². The number of unbranched alkanes of at least 4 members (excludes halogenated alkanes) is 1. The molecule has 0 spiro atoms. The van der Waals surface area contributed by atoms with Crippen LogP contribution in [0.5, 0.6) is 0 Å². The number of rotatable bonds is 11. The summed E-state index contributed by atoms with van der Waals surface area (Å²) in [5.41, 5.74) is -0.108. The van der Waals surface area contributed by atoms with Crippen molar-refractivity contribution in [2.24, 2.45) is 5.92 Å². The zero-order valence-electron chi connectivity index (χ0n) is 13.6. The second-order valence-corrected chi connectivity index (χ2v) is 6.26. The number of carbonyl (C=O) groups is 1. The minimum Gasteiger partial charge on any atom is -0.379 e. The molecule has 0 aromatic rings. The third-order valence-electron chi connectivity index (χ3n) is 3.59. The highest BCUT2D eigenvalue weighted by molar-refractivity contribution is 5.80. The van der Waals surface area contributed by atoms with Crippen LogP contribution in [-0.4, -0.2) is 31.2 Å². The van der Waals surface area contributed by atoms with Crippen LogP contribution in [0, 0.1) is 5.92 Å². The molecule has 0 bridgehead atoms. The first-order valence-electron chi connectivity index (χ1n) is 7.48. The zero-order valence-corrected chi connectivity index (χ0v) is 13.6. The second-order valence-electron chi connectivity index (χ2n) is 6.26. The second kappa shape index (κ2) is 9.49. The lowest BCUT2D eigenvalue weighted by atomic mass is 10.0. The average molecular weight is 272 g/mol. The molecule has 0 aliphatic heterocycles. The summed E-state index contributed by atoms with van der Waals surface area (Å²) in [6.07, 6.45) is 4.95. The van der Waals surface area contributed by atoms with Gasteiger partial charge in [0.05, 0.1) is 11.7 Å². The third-order valence-corrected chi connectivity index (χ3v) is 3.59. The highest BCUT2D eigenvalue weighted by Gasteiger charge is 2.16. The molecule has 0 N–H and O–H groups in total. The van der Waals surface area contributed by atoms with Gasteiger partial charge in [-0.25, -0.2) is 0 Å². The van der Waals surface area contributed by atoms with Gasteiger partial charge in [-0.2, -0.15) is 0 Å². The number of methoxy groups -OCH3 is 1. The van der Waals surface area contributed by atoms with Gasteiger partial charge in [0.2, 0.25) is 0 Å². The molecule has 0 aliphatic rings. The Balaban J connectivity index is 3.55. The van der Waals surface area contributed by atoms with Gasteiger partial charge in [0, 0.05) is 26.1 Å². The summed E-state index contributed by atoms with van der Waals surface area (Å²) < 4.78 is 11.1. The Kier molecular flexibility index (Phi) is 9.28. The summed E-state index contributed by atoms with van der Waals surface area (Å²) in [5.74, 6) is 0.542. The molecule has 0 saturated carbocycles. The van der Waals surface area contributed by atoms with Crippen molar-refractivity contribution in [3.05, 3.63) is 0 Å². The number of ether oxygens (including phenoxy) is 2. The summed E-state index contributed by atoms with van der Waals surface area (Å²) in [4.78, 5) is 11.5. The molecule has 0 amide bonds. The van der Waals surface area contributed by atoms with E-state index in [-0.39, 0.29) is 17.6 Å². The van der Waals surface area contributed by atoms with E-state index in [2.05, 4.69) is 20.8 Å². The number of hydrogen-bond donors (Lipinski definition) is 0. The van der Waals surface area contributed by atoms with E-state index in [0.717, 1.165) is 32.3 Å². The molecule has 0 aromatic heterocycles. The predicted octanol–water partition coefficient (Wildman–Crippen LogP) is 3.99. The van der Waals surface area contributed by atoms with Gasteiger partial charge in [-0.1, -0.05) is 20.3 Å². The van der Waals surface area contributed by atoms with Crippen LogP contribution >= 0.6 is 0 Å².